The standard InChI is InChI=1S/C18H19FN6O/c19-15-9-14(1-2-16(15)25-4-3-20-13-25)11-21-17-10-18(23-12-22-17)24-5-7-26-8-6-24/h1-4,9-10,12-13H,5-8,11H2,(H,21,22,23). The number of benzene rings is 1. The smallest absolute Gasteiger partial charge is 0.147 e. The van der Waals surface area contributed by atoms with E-state index in [4.69, 9.17) is 4.74 Å². The van der Waals surface area contributed by atoms with E-state index in [1.165, 1.54) is 12.4 Å². The Balaban J connectivity index is 1.43. The molecule has 2 aromatic heterocycles. The predicted octanol–water partition coefficient (Wildman–Crippen LogP) is 2.25. The zero-order valence-electron chi connectivity index (χ0n) is 14.2. The number of rotatable bonds is 5. The molecule has 1 aliphatic rings. The van der Waals surface area contributed by atoms with Crippen molar-refractivity contribution in [1.82, 2.24) is 19.5 Å². The van der Waals surface area contributed by atoms with Crippen LogP contribution in [0.3, 0.4) is 0 Å². The molecule has 1 aliphatic heterocycles. The molecule has 8 heteroatoms. The fourth-order valence-electron chi connectivity index (χ4n) is 2.87. The van der Waals surface area contributed by atoms with Crippen LogP contribution < -0.4 is 10.2 Å². The molecule has 3 aromatic rings. The first-order valence-electron chi connectivity index (χ1n) is 8.45. The van der Waals surface area contributed by atoms with E-state index >= 15 is 0 Å². The molecule has 0 saturated carbocycles. The highest BCUT2D eigenvalue weighted by atomic mass is 19.1. The molecule has 26 heavy (non-hydrogen) atoms. The van der Waals surface area contributed by atoms with E-state index in [-0.39, 0.29) is 5.82 Å². The molecule has 0 bridgehead atoms. The Kier molecular flexibility index (Phi) is 4.74. The summed E-state index contributed by atoms with van der Waals surface area (Å²) in [6, 6.07) is 7.05. The topological polar surface area (TPSA) is 68.1 Å². The van der Waals surface area contributed by atoms with Gasteiger partial charge in [-0.25, -0.2) is 19.3 Å². The molecule has 1 saturated heterocycles. The number of hydrogen-bond acceptors (Lipinski definition) is 6. The van der Waals surface area contributed by atoms with Crippen molar-refractivity contribution in [1.29, 1.82) is 0 Å². The fourth-order valence-corrected chi connectivity index (χ4v) is 2.87. The van der Waals surface area contributed by atoms with Gasteiger partial charge in [0.05, 0.1) is 25.2 Å². The van der Waals surface area contributed by atoms with Gasteiger partial charge in [-0.3, -0.25) is 0 Å². The molecule has 134 valence electrons. The van der Waals surface area contributed by atoms with Crippen molar-refractivity contribution in [2.45, 2.75) is 6.54 Å². The number of nitrogens with zero attached hydrogens (tertiary/aromatic N) is 5. The molecule has 0 spiro atoms. The van der Waals surface area contributed by atoms with Crippen molar-refractivity contribution in [2.24, 2.45) is 0 Å². The number of ether oxygens (including phenoxy) is 1. The van der Waals surface area contributed by atoms with Crippen molar-refractivity contribution in [2.75, 3.05) is 36.5 Å². The Morgan fingerprint density at radius 2 is 2.04 bits per heavy atom. The average molecular weight is 354 g/mol. The molecular formula is C18H19FN6O. The SMILES string of the molecule is Fc1cc(CNc2cc(N3CCOCC3)ncn2)ccc1-n1ccnc1. The number of nitrogens with one attached hydrogen (secondary N) is 1. The highest BCUT2D eigenvalue weighted by molar-refractivity contribution is 5.49. The van der Waals surface area contributed by atoms with Crippen LogP contribution in [0.1, 0.15) is 5.56 Å². The molecule has 4 rings (SSSR count). The summed E-state index contributed by atoms with van der Waals surface area (Å²) in [4.78, 5) is 14.7. The lowest BCUT2D eigenvalue weighted by molar-refractivity contribution is 0.122. The molecule has 0 aliphatic carbocycles. The van der Waals surface area contributed by atoms with Gasteiger partial charge in [-0.05, 0) is 17.7 Å². The molecule has 0 amide bonds. The van der Waals surface area contributed by atoms with Crippen LogP contribution in [0.5, 0.6) is 0 Å². The van der Waals surface area contributed by atoms with Crippen LogP contribution in [0.15, 0.2) is 49.3 Å². The molecule has 0 atom stereocenters. The third-order valence-electron chi connectivity index (χ3n) is 4.26. The summed E-state index contributed by atoms with van der Waals surface area (Å²) in [5, 5.41) is 3.23. The van der Waals surface area contributed by atoms with Crippen LogP contribution in [-0.2, 0) is 11.3 Å². The van der Waals surface area contributed by atoms with E-state index in [9.17, 15) is 4.39 Å². The van der Waals surface area contributed by atoms with Crippen LogP contribution in [0.25, 0.3) is 5.69 Å². The van der Waals surface area contributed by atoms with Crippen molar-refractivity contribution >= 4 is 11.6 Å². The second-order valence-corrected chi connectivity index (χ2v) is 5.97. The number of morpholine rings is 1. The van der Waals surface area contributed by atoms with Gasteiger partial charge in [0.25, 0.3) is 0 Å². The molecule has 3 heterocycles. The second kappa shape index (κ2) is 7.49. The van der Waals surface area contributed by atoms with Gasteiger partial charge in [0.15, 0.2) is 0 Å². The van der Waals surface area contributed by atoms with E-state index in [0.29, 0.717) is 31.3 Å². The largest absolute Gasteiger partial charge is 0.378 e. The normalized spacial score (nSPS) is 14.4. The highest BCUT2D eigenvalue weighted by Gasteiger charge is 2.13. The first-order valence-corrected chi connectivity index (χ1v) is 8.45. The molecular weight excluding hydrogens is 335 g/mol. The van der Waals surface area contributed by atoms with E-state index in [1.54, 1.807) is 29.4 Å². The quantitative estimate of drug-likeness (QED) is 0.758. The summed E-state index contributed by atoms with van der Waals surface area (Å²) in [5.74, 6) is 1.28. The van der Waals surface area contributed by atoms with E-state index in [0.717, 1.165) is 24.5 Å². The summed E-state index contributed by atoms with van der Waals surface area (Å²) in [6.45, 7) is 3.51. The maximum Gasteiger partial charge on any atom is 0.147 e. The zero-order chi connectivity index (χ0) is 17.8. The van der Waals surface area contributed by atoms with Crippen molar-refractivity contribution in [3.8, 4) is 5.69 Å². The van der Waals surface area contributed by atoms with Crippen LogP contribution in [0.2, 0.25) is 0 Å². The molecule has 0 unspecified atom stereocenters. The third kappa shape index (κ3) is 3.65. The molecule has 7 nitrogen and oxygen atoms in total. The lowest BCUT2D eigenvalue weighted by Crippen LogP contribution is -2.36. The Morgan fingerprint density at radius 1 is 1.15 bits per heavy atom. The summed E-state index contributed by atoms with van der Waals surface area (Å²) >= 11 is 0. The van der Waals surface area contributed by atoms with Gasteiger partial charge in [-0.1, -0.05) is 6.07 Å². The van der Waals surface area contributed by atoms with Crippen molar-refractivity contribution in [3.63, 3.8) is 0 Å². The monoisotopic (exact) mass is 354 g/mol. The number of anilines is 2. The van der Waals surface area contributed by atoms with Crippen molar-refractivity contribution in [3.05, 3.63) is 60.7 Å². The summed E-state index contributed by atoms with van der Waals surface area (Å²) < 4.78 is 21.3. The first kappa shape index (κ1) is 16.5. The maximum atomic E-state index is 14.3. The van der Waals surface area contributed by atoms with Gasteiger partial charge in [0.1, 0.15) is 23.8 Å². The fraction of sp³-hybridized carbons (Fsp3) is 0.278. The minimum Gasteiger partial charge on any atom is -0.378 e. The van der Waals surface area contributed by atoms with Crippen LogP contribution >= 0.6 is 0 Å². The minimum atomic E-state index is -0.293. The Labute approximate surface area is 150 Å². The maximum absolute atomic E-state index is 14.3. The van der Waals surface area contributed by atoms with Gasteiger partial charge >= 0.3 is 0 Å². The Bertz CT molecular complexity index is 864. The lowest BCUT2D eigenvalue weighted by atomic mass is 10.2. The number of imidazole rings is 1. The molecule has 0 radical (unpaired) electrons. The van der Waals surface area contributed by atoms with E-state index < -0.39 is 0 Å². The highest BCUT2D eigenvalue weighted by Crippen LogP contribution is 2.18. The molecule has 1 fully saturated rings. The van der Waals surface area contributed by atoms with E-state index in [1.807, 2.05) is 12.1 Å². The van der Waals surface area contributed by atoms with Crippen molar-refractivity contribution < 1.29 is 9.13 Å². The average Bonchev–Trinajstić information content (AvgIpc) is 3.22. The van der Waals surface area contributed by atoms with E-state index in [2.05, 4.69) is 25.2 Å². The predicted molar refractivity (Wildman–Crippen MR) is 95.9 cm³/mol. The number of aromatic nitrogens is 4. The molecule has 1 aromatic carbocycles. The molecule has 1 N–H and O–H groups in total. The first-order chi connectivity index (χ1) is 12.8. The van der Waals surface area contributed by atoms with Crippen LogP contribution in [0.4, 0.5) is 16.0 Å². The Hall–Kier alpha value is -3.00. The van der Waals surface area contributed by atoms with Gasteiger partial charge in [-0.15, -0.1) is 0 Å². The summed E-state index contributed by atoms with van der Waals surface area (Å²) in [5.41, 5.74) is 1.31. The van der Waals surface area contributed by atoms with Gasteiger partial charge in [-0.2, -0.15) is 0 Å². The summed E-state index contributed by atoms with van der Waals surface area (Å²) in [6.07, 6.45) is 6.45. The summed E-state index contributed by atoms with van der Waals surface area (Å²) in [7, 11) is 0. The number of hydrogen-bond donors (Lipinski definition) is 1. The number of halogens is 1. The minimum absolute atomic E-state index is 0.293. The third-order valence-corrected chi connectivity index (χ3v) is 4.26. The Morgan fingerprint density at radius 3 is 2.81 bits per heavy atom. The van der Waals surface area contributed by atoms with Gasteiger partial charge < -0.3 is 19.5 Å². The van der Waals surface area contributed by atoms with Gasteiger partial charge in [0.2, 0.25) is 0 Å². The zero-order valence-corrected chi connectivity index (χ0v) is 14.2. The van der Waals surface area contributed by atoms with Crippen LogP contribution in [-0.4, -0.2) is 45.8 Å². The lowest BCUT2D eigenvalue weighted by Gasteiger charge is -2.27. The van der Waals surface area contributed by atoms with Gasteiger partial charge in [0, 0.05) is 38.1 Å². The van der Waals surface area contributed by atoms with Crippen LogP contribution in [0, 0.1) is 5.82 Å². The second-order valence-electron chi connectivity index (χ2n) is 5.97.